The van der Waals surface area contributed by atoms with Crippen LogP contribution in [-0.2, 0) is 37.4 Å². The number of carbonyl (C=O) groups excluding carboxylic acids is 2. The summed E-state index contributed by atoms with van der Waals surface area (Å²) in [6.07, 6.45) is 0.370. The van der Waals surface area contributed by atoms with Gasteiger partial charge in [-0.2, -0.15) is 16.9 Å². The third-order valence-corrected chi connectivity index (χ3v) is 9.52. The van der Waals surface area contributed by atoms with E-state index in [0.717, 1.165) is 21.9 Å². The number of sulfonamides is 1. The molecular weight excluding hydrogens is 572 g/mol. The zero-order valence-electron chi connectivity index (χ0n) is 23.1. The van der Waals surface area contributed by atoms with Crippen LogP contribution in [0.4, 0.5) is 0 Å². The van der Waals surface area contributed by atoms with E-state index in [1.54, 1.807) is 30.3 Å². The zero-order chi connectivity index (χ0) is 29.7. The summed E-state index contributed by atoms with van der Waals surface area (Å²) in [5, 5.41) is 4.10. The van der Waals surface area contributed by atoms with Crippen LogP contribution in [0, 0.1) is 0 Å². The first-order chi connectivity index (χ1) is 20.2. The van der Waals surface area contributed by atoms with Gasteiger partial charge in [-0.1, -0.05) is 72.8 Å². The number of methoxy groups -OCH3 is 1. The Kier molecular flexibility index (Phi) is 9.15. The van der Waals surface area contributed by atoms with Crippen LogP contribution in [-0.4, -0.2) is 55.6 Å². The molecule has 0 aliphatic carbocycles. The molecule has 0 aromatic heterocycles. The normalized spacial score (nSPS) is 18.0. The average Bonchev–Trinajstić information content (AvgIpc) is 3.43. The summed E-state index contributed by atoms with van der Waals surface area (Å²) in [6.45, 7) is 0.497. The number of ether oxygens (including phenoxy) is 2. The number of benzene rings is 4. The number of thiol groups is 1. The Hall–Kier alpha value is -3.86. The third kappa shape index (κ3) is 6.78. The smallest absolute Gasteiger partial charge is 0.328 e. The molecule has 8 nitrogen and oxygen atoms in total. The maximum absolute atomic E-state index is 13.7. The lowest BCUT2D eigenvalue weighted by Gasteiger charge is -2.25. The van der Waals surface area contributed by atoms with Crippen LogP contribution in [0.3, 0.4) is 0 Å². The lowest BCUT2D eigenvalue weighted by Crippen LogP contribution is -2.51. The molecule has 42 heavy (non-hydrogen) atoms. The van der Waals surface area contributed by atoms with E-state index in [4.69, 9.17) is 9.47 Å². The standard InChI is InChI=1S/C32H32N2O6S2/c1-39-32(36)29(17-22-11-14-26(15-12-22)40-21-23-7-3-2-4-8-23)33-31(35)30-19-27(41)20-34(30)42(37,38)28-16-13-24-9-5-6-10-25(24)18-28/h2-16,18,27,29-30,41H,17,19-21H2,1H3,(H,33,35)/t27-,29?,30-/m0/s1. The molecule has 1 fully saturated rings. The van der Waals surface area contributed by atoms with E-state index in [-0.39, 0.29) is 29.5 Å². The van der Waals surface area contributed by atoms with Gasteiger partial charge in [0.25, 0.3) is 0 Å². The number of fused-ring (bicyclic) bond motifs is 1. The Morgan fingerprint density at radius 3 is 2.33 bits per heavy atom. The molecule has 218 valence electrons. The summed E-state index contributed by atoms with van der Waals surface area (Å²) < 4.78 is 39.4. The first kappa shape index (κ1) is 29.6. The fourth-order valence-electron chi connectivity index (χ4n) is 5.05. The predicted octanol–water partition coefficient (Wildman–Crippen LogP) is 4.38. The second kappa shape index (κ2) is 13.0. The summed E-state index contributed by atoms with van der Waals surface area (Å²) in [5.41, 5.74) is 1.82. The average molecular weight is 605 g/mol. The molecule has 1 heterocycles. The topological polar surface area (TPSA) is 102 Å². The third-order valence-electron chi connectivity index (χ3n) is 7.28. The van der Waals surface area contributed by atoms with Crippen molar-refractivity contribution in [2.45, 2.75) is 41.7 Å². The van der Waals surface area contributed by atoms with Crippen molar-refractivity contribution in [1.29, 1.82) is 0 Å². The molecule has 0 bridgehead atoms. The van der Waals surface area contributed by atoms with Gasteiger partial charge in [0, 0.05) is 18.2 Å². The second-order valence-corrected chi connectivity index (χ2v) is 12.8. The van der Waals surface area contributed by atoms with Crippen molar-refractivity contribution < 1.29 is 27.5 Å². The summed E-state index contributed by atoms with van der Waals surface area (Å²) in [4.78, 5) is 26.3. The number of nitrogens with zero attached hydrogens (tertiary/aromatic N) is 1. The predicted molar refractivity (Wildman–Crippen MR) is 164 cm³/mol. The highest BCUT2D eigenvalue weighted by Crippen LogP contribution is 2.30. The number of amides is 1. The van der Waals surface area contributed by atoms with Gasteiger partial charge in [-0.15, -0.1) is 0 Å². The minimum absolute atomic E-state index is 0.0731. The molecule has 1 unspecified atom stereocenters. The molecule has 1 aliphatic heterocycles. The maximum atomic E-state index is 13.7. The molecular formula is C32H32N2O6S2. The quantitative estimate of drug-likeness (QED) is 0.206. The molecule has 5 rings (SSSR count). The fourth-order valence-corrected chi connectivity index (χ4v) is 7.22. The molecule has 0 spiro atoms. The van der Waals surface area contributed by atoms with Gasteiger partial charge in [0.1, 0.15) is 24.4 Å². The van der Waals surface area contributed by atoms with Gasteiger partial charge in [-0.3, -0.25) is 4.79 Å². The van der Waals surface area contributed by atoms with Crippen LogP contribution in [0.2, 0.25) is 0 Å². The number of hydrogen-bond acceptors (Lipinski definition) is 7. The van der Waals surface area contributed by atoms with Crippen LogP contribution < -0.4 is 10.1 Å². The van der Waals surface area contributed by atoms with Crippen LogP contribution in [0.1, 0.15) is 17.5 Å². The number of hydrogen-bond donors (Lipinski definition) is 2. The Labute approximate surface area is 251 Å². The van der Waals surface area contributed by atoms with Crippen LogP contribution >= 0.6 is 12.6 Å². The molecule has 1 aliphatic rings. The highest BCUT2D eigenvalue weighted by molar-refractivity contribution is 7.89. The van der Waals surface area contributed by atoms with E-state index in [0.29, 0.717) is 12.4 Å². The first-order valence-corrected chi connectivity index (χ1v) is 15.5. The number of nitrogens with one attached hydrogen (secondary N) is 1. The first-order valence-electron chi connectivity index (χ1n) is 13.6. The molecule has 0 radical (unpaired) electrons. The molecule has 1 N–H and O–H groups in total. The largest absolute Gasteiger partial charge is 0.489 e. The molecule has 10 heteroatoms. The Bertz CT molecular complexity index is 1660. The molecule has 1 amide bonds. The fraction of sp³-hybridized carbons (Fsp3) is 0.250. The highest BCUT2D eigenvalue weighted by Gasteiger charge is 2.43. The van der Waals surface area contributed by atoms with Crippen molar-refractivity contribution in [3.63, 3.8) is 0 Å². The monoisotopic (exact) mass is 604 g/mol. The Balaban J connectivity index is 1.29. The minimum atomic E-state index is -4.01. The van der Waals surface area contributed by atoms with Gasteiger partial charge in [-0.05, 0) is 52.6 Å². The van der Waals surface area contributed by atoms with E-state index in [1.807, 2.05) is 66.7 Å². The van der Waals surface area contributed by atoms with Crippen LogP contribution in [0.25, 0.3) is 10.8 Å². The molecule has 4 aromatic rings. The van der Waals surface area contributed by atoms with E-state index >= 15 is 0 Å². The van der Waals surface area contributed by atoms with Crippen molar-refractivity contribution in [2.75, 3.05) is 13.7 Å². The summed E-state index contributed by atoms with van der Waals surface area (Å²) in [7, 11) is -2.77. The number of esters is 1. The zero-order valence-corrected chi connectivity index (χ0v) is 24.8. The van der Waals surface area contributed by atoms with Crippen molar-refractivity contribution in [3.8, 4) is 5.75 Å². The number of rotatable bonds is 10. The van der Waals surface area contributed by atoms with Gasteiger partial charge in [0.15, 0.2) is 0 Å². The highest BCUT2D eigenvalue weighted by atomic mass is 32.2. The lowest BCUT2D eigenvalue weighted by molar-refractivity contribution is -0.145. The second-order valence-electron chi connectivity index (χ2n) is 10.2. The lowest BCUT2D eigenvalue weighted by atomic mass is 10.0. The summed E-state index contributed by atoms with van der Waals surface area (Å²) in [6, 6.07) is 27.4. The van der Waals surface area contributed by atoms with Gasteiger partial charge in [-0.25, -0.2) is 13.2 Å². The van der Waals surface area contributed by atoms with E-state index in [1.165, 1.54) is 11.4 Å². The van der Waals surface area contributed by atoms with Gasteiger partial charge < -0.3 is 14.8 Å². The van der Waals surface area contributed by atoms with Crippen molar-refractivity contribution in [2.24, 2.45) is 0 Å². The molecule has 4 aromatic carbocycles. The molecule has 0 saturated carbocycles. The van der Waals surface area contributed by atoms with Crippen molar-refractivity contribution in [3.05, 3.63) is 108 Å². The van der Waals surface area contributed by atoms with Gasteiger partial charge >= 0.3 is 5.97 Å². The van der Waals surface area contributed by atoms with E-state index in [9.17, 15) is 18.0 Å². The molecule has 1 saturated heterocycles. The van der Waals surface area contributed by atoms with Crippen LogP contribution in [0.5, 0.6) is 5.75 Å². The summed E-state index contributed by atoms with van der Waals surface area (Å²) >= 11 is 4.50. The maximum Gasteiger partial charge on any atom is 0.328 e. The Morgan fingerprint density at radius 1 is 0.929 bits per heavy atom. The van der Waals surface area contributed by atoms with Crippen LogP contribution in [0.15, 0.2) is 102 Å². The van der Waals surface area contributed by atoms with Crippen molar-refractivity contribution >= 4 is 45.3 Å². The SMILES string of the molecule is COC(=O)C(Cc1ccc(OCc2ccccc2)cc1)NC(=O)[C@@H]1C[C@H](S)CN1S(=O)(=O)c1ccc2ccccc2c1. The summed E-state index contributed by atoms with van der Waals surface area (Å²) in [5.74, 6) is -0.534. The van der Waals surface area contributed by atoms with E-state index in [2.05, 4.69) is 17.9 Å². The van der Waals surface area contributed by atoms with Gasteiger partial charge in [0.2, 0.25) is 15.9 Å². The minimum Gasteiger partial charge on any atom is -0.489 e. The number of carbonyl (C=O) groups is 2. The van der Waals surface area contributed by atoms with Gasteiger partial charge in [0.05, 0.1) is 12.0 Å². The van der Waals surface area contributed by atoms with E-state index < -0.39 is 34.0 Å². The molecule has 3 atom stereocenters. The van der Waals surface area contributed by atoms with Crippen molar-refractivity contribution in [1.82, 2.24) is 9.62 Å². The Morgan fingerprint density at radius 2 is 1.62 bits per heavy atom.